The predicted molar refractivity (Wildman–Crippen MR) is 189 cm³/mol. The van der Waals surface area contributed by atoms with E-state index in [1.54, 1.807) is 0 Å². The smallest absolute Gasteiger partial charge is 0.0235 e. The van der Waals surface area contributed by atoms with Crippen LogP contribution in [-0.4, -0.2) is 17.1 Å². The van der Waals surface area contributed by atoms with Gasteiger partial charge in [-0.05, 0) is 117 Å². The molecule has 2 nitrogen and oxygen atoms in total. The summed E-state index contributed by atoms with van der Waals surface area (Å²) >= 11 is 0. The molecule has 0 radical (unpaired) electrons. The van der Waals surface area contributed by atoms with E-state index in [2.05, 4.69) is 101 Å². The maximum Gasteiger partial charge on any atom is 0.0235 e. The third-order valence-electron chi connectivity index (χ3n) is 12.2. The van der Waals surface area contributed by atoms with E-state index in [0.717, 1.165) is 36.5 Å². The molecule has 8 unspecified atom stereocenters. The van der Waals surface area contributed by atoms with E-state index < -0.39 is 0 Å². The van der Waals surface area contributed by atoms with Gasteiger partial charge in [0, 0.05) is 17.1 Å². The van der Waals surface area contributed by atoms with Gasteiger partial charge in [0.15, 0.2) is 0 Å². The Bertz CT molecular complexity index is 784. The fourth-order valence-electron chi connectivity index (χ4n) is 9.50. The van der Waals surface area contributed by atoms with Gasteiger partial charge in [0.05, 0.1) is 0 Å². The van der Waals surface area contributed by atoms with Crippen molar-refractivity contribution in [2.75, 3.05) is 0 Å². The molecule has 1 saturated carbocycles. The van der Waals surface area contributed by atoms with Gasteiger partial charge in [-0.3, -0.25) is 0 Å². The van der Waals surface area contributed by atoms with Crippen molar-refractivity contribution in [3.8, 4) is 0 Å². The molecule has 0 spiro atoms. The molecule has 2 aliphatic rings. The molecule has 0 heterocycles. The number of rotatable bonds is 11. The topological polar surface area (TPSA) is 38.0 Å². The number of nitrogens with two attached hydrogens (primary N) is 1. The zero-order valence-corrected chi connectivity index (χ0v) is 30.9. The molecule has 0 saturated heterocycles. The van der Waals surface area contributed by atoms with Crippen LogP contribution in [0.25, 0.3) is 0 Å². The summed E-state index contributed by atoms with van der Waals surface area (Å²) in [6.45, 7) is 29.7. The third-order valence-corrected chi connectivity index (χ3v) is 12.2. The number of nitrogens with one attached hydrogen (secondary N) is 1. The summed E-state index contributed by atoms with van der Waals surface area (Å²) in [7, 11) is 0. The van der Waals surface area contributed by atoms with Crippen LogP contribution in [0, 0.1) is 46.3 Å². The minimum absolute atomic E-state index is 0.0561. The summed E-state index contributed by atoms with van der Waals surface area (Å²) in [5.41, 5.74) is 8.37. The Hall–Kier alpha value is -0.340. The number of fused-ring (bicyclic) bond motifs is 1. The van der Waals surface area contributed by atoms with Crippen molar-refractivity contribution >= 4 is 0 Å². The maximum absolute atomic E-state index is 7.77. The zero-order chi connectivity index (χ0) is 31.8. The predicted octanol–water partition coefficient (Wildman–Crippen LogP) is 11.7. The molecule has 0 aromatic heterocycles. The van der Waals surface area contributed by atoms with E-state index in [1.807, 2.05) is 0 Å². The van der Waals surface area contributed by atoms with Crippen molar-refractivity contribution in [1.82, 2.24) is 5.32 Å². The fraction of sp³-hybridized carbons (Fsp3) is 0.950. The van der Waals surface area contributed by atoms with Crippen LogP contribution in [0.4, 0.5) is 0 Å². The van der Waals surface area contributed by atoms with Crippen molar-refractivity contribution in [1.29, 1.82) is 0 Å². The molecule has 2 rings (SSSR count). The quantitative estimate of drug-likeness (QED) is 0.236. The maximum atomic E-state index is 7.77. The average molecular weight is 587 g/mol. The average Bonchev–Trinajstić information content (AvgIpc) is 2.86. The van der Waals surface area contributed by atoms with Crippen LogP contribution < -0.4 is 11.1 Å². The normalized spacial score (nSPS) is 33.2. The van der Waals surface area contributed by atoms with Crippen LogP contribution in [0.2, 0.25) is 0 Å². The minimum Gasteiger partial charge on any atom is -0.325 e. The zero-order valence-electron chi connectivity index (χ0n) is 30.9. The van der Waals surface area contributed by atoms with Crippen molar-refractivity contribution < 1.29 is 0 Å². The van der Waals surface area contributed by atoms with Crippen LogP contribution >= 0.6 is 0 Å². The lowest BCUT2D eigenvalue weighted by Gasteiger charge is -2.54. The summed E-state index contributed by atoms with van der Waals surface area (Å²) in [5, 5.41) is 4.61. The largest absolute Gasteiger partial charge is 0.325 e. The van der Waals surface area contributed by atoms with Gasteiger partial charge < -0.3 is 11.1 Å². The molecule has 0 bridgehead atoms. The Balaban J connectivity index is 2.57. The van der Waals surface area contributed by atoms with E-state index in [4.69, 9.17) is 5.73 Å². The molecule has 1 fully saturated rings. The van der Waals surface area contributed by atoms with Gasteiger partial charge in [-0.1, -0.05) is 120 Å². The SMILES string of the molecule is CCCC(C(C)C(CCCC(C)C)NC1(C)CC(CC)CC/C=C/CC2(N)CCC(C(C)(C)C)CCCC21)C(C)(C)C. The lowest BCUT2D eigenvalue weighted by Crippen LogP contribution is -2.65. The Labute approximate surface area is 265 Å². The van der Waals surface area contributed by atoms with Gasteiger partial charge in [0.25, 0.3) is 0 Å². The van der Waals surface area contributed by atoms with E-state index in [9.17, 15) is 0 Å². The Kier molecular flexibility index (Phi) is 14.7. The van der Waals surface area contributed by atoms with Gasteiger partial charge in [0.2, 0.25) is 0 Å². The highest BCUT2D eigenvalue weighted by atomic mass is 15.0. The van der Waals surface area contributed by atoms with Gasteiger partial charge in [-0.2, -0.15) is 0 Å². The molecule has 42 heavy (non-hydrogen) atoms. The second-order valence-corrected chi connectivity index (χ2v) is 18.2. The van der Waals surface area contributed by atoms with Crippen molar-refractivity contribution in [2.24, 2.45) is 52.1 Å². The van der Waals surface area contributed by atoms with Crippen LogP contribution in [-0.2, 0) is 0 Å². The van der Waals surface area contributed by atoms with Gasteiger partial charge in [-0.25, -0.2) is 0 Å². The summed E-state index contributed by atoms with van der Waals surface area (Å²) in [6, 6.07) is 0.539. The second-order valence-electron chi connectivity index (χ2n) is 18.2. The van der Waals surface area contributed by atoms with Crippen molar-refractivity contribution in [3.05, 3.63) is 12.2 Å². The summed E-state index contributed by atoms with van der Waals surface area (Å²) < 4.78 is 0. The molecule has 0 aliphatic heterocycles. The molecular formula is C40H78N2. The molecule has 0 amide bonds. The van der Waals surface area contributed by atoms with E-state index in [1.165, 1.54) is 83.5 Å². The van der Waals surface area contributed by atoms with Crippen LogP contribution in [0.15, 0.2) is 12.2 Å². The first-order valence-corrected chi connectivity index (χ1v) is 18.7. The van der Waals surface area contributed by atoms with Gasteiger partial charge >= 0.3 is 0 Å². The highest BCUT2D eigenvalue weighted by Gasteiger charge is 2.49. The van der Waals surface area contributed by atoms with Crippen molar-refractivity contribution in [3.63, 3.8) is 0 Å². The summed E-state index contributed by atoms with van der Waals surface area (Å²) in [4.78, 5) is 0. The summed E-state index contributed by atoms with van der Waals surface area (Å²) in [6.07, 6.45) is 24.0. The Morgan fingerprint density at radius 3 is 2.17 bits per heavy atom. The van der Waals surface area contributed by atoms with Gasteiger partial charge in [0.1, 0.15) is 0 Å². The highest BCUT2D eigenvalue weighted by molar-refractivity contribution is 5.10. The molecule has 2 aliphatic carbocycles. The van der Waals surface area contributed by atoms with E-state index >= 15 is 0 Å². The number of allylic oxidation sites excluding steroid dienone is 1. The molecular weight excluding hydrogens is 508 g/mol. The molecule has 2 heteroatoms. The Morgan fingerprint density at radius 2 is 1.60 bits per heavy atom. The first-order chi connectivity index (χ1) is 19.5. The standard InChI is InChI=1S/C40H78N2/c1-13-20-34(38(9,10)11)31(5)35(24-18-21-30(3)4)42-39(12)29-32(14-2)22-16-15-17-27-40(41)28-26-33(37(6,7)8)23-19-25-36(39)40/h15,17,30-36,42H,13-14,16,18-29,41H2,1-12H3/b17-15+. The second kappa shape index (κ2) is 16.3. The molecule has 248 valence electrons. The lowest BCUT2D eigenvalue weighted by atomic mass is 9.59. The number of hydrogen-bond acceptors (Lipinski definition) is 2. The minimum atomic E-state index is -0.142. The molecule has 3 N–H and O–H groups in total. The van der Waals surface area contributed by atoms with Gasteiger partial charge in [-0.15, -0.1) is 0 Å². The van der Waals surface area contributed by atoms with Crippen LogP contribution in [0.1, 0.15) is 179 Å². The first-order valence-electron chi connectivity index (χ1n) is 18.7. The monoisotopic (exact) mass is 587 g/mol. The molecule has 8 atom stereocenters. The number of hydrogen-bond donors (Lipinski definition) is 2. The Morgan fingerprint density at radius 1 is 0.905 bits per heavy atom. The lowest BCUT2D eigenvalue weighted by molar-refractivity contribution is 0.0322. The summed E-state index contributed by atoms with van der Waals surface area (Å²) in [5.74, 6) is 4.17. The van der Waals surface area contributed by atoms with Crippen LogP contribution in [0.5, 0.6) is 0 Å². The van der Waals surface area contributed by atoms with E-state index in [0.29, 0.717) is 28.7 Å². The third kappa shape index (κ3) is 10.9. The van der Waals surface area contributed by atoms with Crippen molar-refractivity contribution in [2.45, 2.75) is 197 Å². The molecule has 0 aromatic rings. The van der Waals surface area contributed by atoms with Crippen LogP contribution in [0.3, 0.4) is 0 Å². The van der Waals surface area contributed by atoms with E-state index in [-0.39, 0.29) is 11.1 Å². The fourth-order valence-corrected chi connectivity index (χ4v) is 9.50. The highest BCUT2D eigenvalue weighted by Crippen LogP contribution is 2.48. The first kappa shape index (κ1) is 37.8. The molecule has 0 aromatic carbocycles.